The van der Waals surface area contributed by atoms with Crippen LogP contribution in [0.15, 0.2) is 11.4 Å². The molecule has 7 heteroatoms. The van der Waals surface area contributed by atoms with Crippen LogP contribution in [0.1, 0.15) is 23.3 Å². The van der Waals surface area contributed by atoms with Crippen molar-refractivity contribution in [3.63, 3.8) is 0 Å². The number of thiophene rings is 1. The number of ether oxygens (including phenoxy) is 1. The fourth-order valence-corrected chi connectivity index (χ4v) is 2.18. The number of amides is 1. The molecule has 0 aromatic carbocycles. The molecule has 1 aromatic rings. The Morgan fingerprint density at radius 3 is 3.05 bits per heavy atom. The lowest BCUT2D eigenvalue weighted by atomic mass is 10.2. The van der Waals surface area contributed by atoms with E-state index in [0.717, 1.165) is 10.4 Å². The molecule has 0 saturated carbocycles. The molecule has 1 amide bonds. The number of alkyl halides is 2. The van der Waals surface area contributed by atoms with Crippen LogP contribution in [0.2, 0.25) is 0 Å². The Labute approximate surface area is 126 Å². The number of carbonyl (C=O) groups is 1. The minimum absolute atomic E-state index is 0.0157. The van der Waals surface area contributed by atoms with Crippen molar-refractivity contribution in [1.82, 2.24) is 5.32 Å². The quantitative estimate of drug-likeness (QED) is 0.567. The van der Waals surface area contributed by atoms with Gasteiger partial charge in [0.15, 0.2) is 0 Å². The first kappa shape index (κ1) is 17.6. The summed E-state index contributed by atoms with van der Waals surface area (Å²) in [5.74, 6) is 5.49. The van der Waals surface area contributed by atoms with Crippen LogP contribution in [0.4, 0.5) is 8.78 Å². The fraction of sp³-hybridized carbons (Fsp3) is 0.500. The Hall–Kier alpha value is -1.49. The van der Waals surface area contributed by atoms with Gasteiger partial charge in [0.25, 0.3) is 6.43 Å². The van der Waals surface area contributed by atoms with Crippen LogP contribution in [0.25, 0.3) is 0 Å². The number of hydrogen-bond donors (Lipinski definition) is 2. The normalized spacial score (nSPS) is 10.3. The minimum atomic E-state index is -2.51. The second-order valence-electron chi connectivity index (χ2n) is 4.03. The first-order valence-corrected chi connectivity index (χ1v) is 7.30. The lowest BCUT2D eigenvalue weighted by Crippen LogP contribution is -2.24. The molecule has 21 heavy (non-hydrogen) atoms. The number of carbonyl (C=O) groups excluding carboxylic acids is 1. The van der Waals surface area contributed by atoms with Crippen LogP contribution >= 0.6 is 11.3 Å². The van der Waals surface area contributed by atoms with Gasteiger partial charge in [0.2, 0.25) is 5.91 Å². The van der Waals surface area contributed by atoms with Gasteiger partial charge >= 0.3 is 0 Å². The van der Waals surface area contributed by atoms with Gasteiger partial charge in [-0.15, -0.1) is 11.3 Å². The Balaban J connectivity index is 2.30. The maximum atomic E-state index is 11.8. The monoisotopic (exact) mass is 317 g/mol. The van der Waals surface area contributed by atoms with Crippen molar-refractivity contribution in [2.24, 2.45) is 0 Å². The standard InChI is InChI=1S/C14H17F2NO3S/c15-13(16)10-20-7-4-14(19)17-9-12-11(5-8-21-12)3-1-2-6-18/h5,8,13,18H,2,4,6-7,9-10H2,(H,17,19). The van der Waals surface area contributed by atoms with Crippen molar-refractivity contribution in [1.29, 1.82) is 0 Å². The van der Waals surface area contributed by atoms with Crippen molar-refractivity contribution >= 4 is 17.2 Å². The smallest absolute Gasteiger partial charge is 0.261 e. The van der Waals surface area contributed by atoms with Gasteiger partial charge in [-0.3, -0.25) is 4.79 Å². The van der Waals surface area contributed by atoms with Crippen molar-refractivity contribution in [3.8, 4) is 11.8 Å². The van der Waals surface area contributed by atoms with Crippen LogP contribution < -0.4 is 5.32 Å². The predicted octanol–water partition coefficient (Wildman–Crippen LogP) is 1.77. The van der Waals surface area contributed by atoms with E-state index in [1.165, 1.54) is 11.3 Å². The van der Waals surface area contributed by atoms with E-state index in [1.807, 2.05) is 11.4 Å². The van der Waals surface area contributed by atoms with Crippen molar-refractivity contribution in [2.75, 3.05) is 19.8 Å². The Bertz CT molecular complexity index is 494. The summed E-state index contributed by atoms with van der Waals surface area (Å²) in [5, 5.41) is 13.2. The molecule has 0 atom stereocenters. The fourth-order valence-electron chi connectivity index (χ4n) is 1.41. The first-order valence-electron chi connectivity index (χ1n) is 6.42. The molecule has 1 heterocycles. The summed E-state index contributed by atoms with van der Waals surface area (Å²) in [5.41, 5.74) is 0.822. The molecule has 4 nitrogen and oxygen atoms in total. The van der Waals surface area contributed by atoms with Gasteiger partial charge in [-0.25, -0.2) is 8.78 Å². The molecule has 0 unspecified atom stereocenters. The molecule has 0 aliphatic heterocycles. The van der Waals surface area contributed by atoms with Crippen LogP contribution in [-0.2, 0) is 16.1 Å². The molecular formula is C14H17F2NO3S. The predicted molar refractivity (Wildman–Crippen MR) is 76.2 cm³/mol. The molecule has 0 fully saturated rings. The van der Waals surface area contributed by atoms with Gasteiger partial charge in [-0.05, 0) is 11.4 Å². The van der Waals surface area contributed by atoms with Crippen LogP contribution in [0, 0.1) is 11.8 Å². The van der Waals surface area contributed by atoms with Gasteiger partial charge < -0.3 is 15.2 Å². The number of halogens is 2. The molecule has 1 aromatic heterocycles. The first-order chi connectivity index (χ1) is 10.1. The van der Waals surface area contributed by atoms with Gasteiger partial charge in [-0.2, -0.15) is 0 Å². The third-order valence-corrected chi connectivity index (χ3v) is 3.29. The molecule has 0 bridgehead atoms. The Morgan fingerprint density at radius 1 is 1.52 bits per heavy atom. The summed E-state index contributed by atoms with van der Waals surface area (Å²) in [6, 6.07) is 1.85. The SMILES string of the molecule is O=C(CCOCC(F)F)NCc1sccc1C#CCCO. The molecule has 0 aliphatic carbocycles. The highest BCUT2D eigenvalue weighted by molar-refractivity contribution is 7.10. The van der Waals surface area contributed by atoms with Crippen molar-refractivity contribution in [2.45, 2.75) is 25.8 Å². The topological polar surface area (TPSA) is 58.6 Å². The summed E-state index contributed by atoms with van der Waals surface area (Å²) in [6.07, 6.45) is -2.06. The highest BCUT2D eigenvalue weighted by Crippen LogP contribution is 2.15. The van der Waals surface area contributed by atoms with Crippen LogP contribution in [0.5, 0.6) is 0 Å². The van der Waals surface area contributed by atoms with Gasteiger partial charge in [0.1, 0.15) is 6.61 Å². The maximum absolute atomic E-state index is 11.8. The largest absolute Gasteiger partial charge is 0.395 e. The molecule has 116 valence electrons. The van der Waals surface area contributed by atoms with Gasteiger partial charge in [-0.1, -0.05) is 11.8 Å². The third kappa shape index (κ3) is 7.75. The Morgan fingerprint density at radius 2 is 2.33 bits per heavy atom. The third-order valence-electron chi connectivity index (χ3n) is 2.37. The van der Waals surface area contributed by atoms with E-state index in [-0.39, 0.29) is 25.5 Å². The minimum Gasteiger partial charge on any atom is -0.395 e. The number of nitrogens with one attached hydrogen (secondary N) is 1. The molecule has 0 aliphatic rings. The molecule has 0 saturated heterocycles. The van der Waals surface area contributed by atoms with Gasteiger partial charge in [0.05, 0.1) is 19.8 Å². The van der Waals surface area contributed by atoms with Crippen molar-refractivity contribution < 1.29 is 23.4 Å². The summed E-state index contributed by atoms with van der Waals surface area (Å²) < 4.78 is 28.3. The van der Waals surface area contributed by atoms with Crippen LogP contribution in [0.3, 0.4) is 0 Å². The number of rotatable bonds is 8. The second kappa shape index (κ2) is 10.3. The maximum Gasteiger partial charge on any atom is 0.261 e. The molecule has 0 spiro atoms. The van der Waals surface area contributed by atoms with E-state index in [4.69, 9.17) is 5.11 Å². The van der Waals surface area contributed by atoms with E-state index < -0.39 is 13.0 Å². The summed E-state index contributed by atoms with van der Waals surface area (Å²) in [6.45, 7) is -0.317. The number of hydrogen-bond acceptors (Lipinski definition) is 4. The Kier molecular flexibility index (Phi) is 8.59. The molecule has 2 N–H and O–H groups in total. The molecule has 0 radical (unpaired) electrons. The van der Waals surface area contributed by atoms with E-state index in [0.29, 0.717) is 13.0 Å². The van der Waals surface area contributed by atoms with E-state index in [2.05, 4.69) is 21.9 Å². The average molecular weight is 317 g/mol. The second-order valence-corrected chi connectivity index (χ2v) is 5.03. The van der Waals surface area contributed by atoms with E-state index >= 15 is 0 Å². The van der Waals surface area contributed by atoms with Gasteiger partial charge in [0, 0.05) is 23.3 Å². The number of aliphatic hydroxyl groups is 1. The number of aliphatic hydroxyl groups excluding tert-OH is 1. The zero-order valence-electron chi connectivity index (χ0n) is 11.4. The van der Waals surface area contributed by atoms with Crippen molar-refractivity contribution in [3.05, 3.63) is 21.9 Å². The lowest BCUT2D eigenvalue weighted by molar-refractivity contribution is -0.122. The average Bonchev–Trinajstić information content (AvgIpc) is 2.89. The zero-order valence-corrected chi connectivity index (χ0v) is 12.2. The van der Waals surface area contributed by atoms with E-state index in [1.54, 1.807) is 0 Å². The molecule has 1 rings (SSSR count). The van der Waals surface area contributed by atoms with Crippen LogP contribution in [-0.4, -0.2) is 37.3 Å². The molecular weight excluding hydrogens is 300 g/mol. The summed E-state index contributed by atoms with van der Waals surface area (Å²) >= 11 is 1.47. The van der Waals surface area contributed by atoms with E-state index in [9.17, 15) is 13.6 Å². The lowest BCUT2D eigenvalue weighted by Gasteiger charge is -2.05. The summed E-state index contributed by atoms with van der Waals surface area (Å²) in [7, 11) is 0. The zero-order chi connectivity index (χ0) is 15.5. The highest BCUT2D eigenvalue weighted by atomic mass is 32.1. The highest BCUT2D eigenvalue weighted by Gasteiger charge is 2.07. The summed E-state index contributed by atoms with van der Waals surface area (Å²) in [4.78, 5) is 12.4.